The van der Waals surface area contributed by atoms with Crippen LogP contribution in [0.2, 0.25) is 0 Å². The average molecular weight is 377 g/mol. The average Bonchev–Trinajstić information content (AvgIpc) is 2.74. The molecule has 0 aliphatic carbocycles. The number of hydrogen-bond acceptors (Lipinski definition) is 5. The summed E-state index contributed by atoms with van der Waals surface area (Å²) in [6, 6.07) is 15.3. The van der Waals surface area contributed by atoms with E-state index in [0.717, 1.165) is 49.9 Å². The van der Waals surface area contributed by atoms with Crippen LogP contribution in [0.15, 0.2) is 65.7 Å². The second-order valence-corrected chi connectivity index (χ2v) is 6.74. The Morgan fingerprint density at radius 2 is 1.71 bits per heavy atom. The molecule has 0 fully saturated rings. The number of unbranched alkanes of at least 4 members (excludes halogenated alkanes) is 3. The zero-order valence-corrected chi connectivity index (χ0v) is 16.1. The first-order valence-corrected chi connectivity index (χ1v) is 9.78. The number of nitrogens with zero attached hydrogens (tertiary/aromatic N) is 3. The molecule has 0 amide bonds. The second-order valence-electron chi connectivity index (χ2n) is 6.74. The molecule has 0 aliphatic heterocycles. The standard InChI is InChI=1S/C22H27N5O/c23-12-6-1-2-7-13-25-22-26-20(19-10-14-24-15-11-19)16-21(28)27(22)17-18-8-4-3-5-9-18/h3-5,8-11,14-16H,1-2,6-7,12-13,17,23H2,(H,25,26). The normalized spacial score (nSPS) is 10.8. The molecule has 28 heavy (non-hydrogen) atoms. The summed E-state index contributed by atoms with van der Waals surface area (Å²) in [5.41, 5.74) is 8.07. The van der Waals surface area contributed by atoms with Crippen LogP contribution in [0.4, 0.5) is 5.95 Å². The van der Waals surface area contributed by atoms with Gasteiger partial charge in [-0.3, -0.25) is 14.3 Å². The number of benzene rings is 1. The molecule has 0 radical (unpaired) electrons. The van der Waals surface area contributed by atoms with Crippen molar-refractivity contribution >= 4 is 5.95 Å². The van der Waals surface area contributed by atoms with E-state index in [4.69, 9.17) is 10.7 Å². The van der Waals surface area contributed by atoms with Gasteiger partial charge in [0.05, 0.1) is 12.2 Å². The maximum Gasteiger partial charge on any atom is 0.255 e. The number of hydrogen-bond donors (Lipinski definition) is 2. The summed E-state index contributed by atoms with van der Waals surface area (Å²) in [5.74, 6) is 0.599. The lowest BCUT2D eigenvalue weighted by molar-refractivity contribution is 0.655. The largest absolute Gasteiger partial charge is 0.356 e. The van der Waals surface area contributed by atoms with E-state index >= 15 is 0 Å². The van der Waals surface area contributed by atoms with Crippen molar-refractivity contribution in [2.24, 2.45) is 5.73 Å². The molecule has 2 heterocycles. The maximum atomic E-state index is 12.9. The lowest BCUT2D eigenvalue weighted by Crippen LogP contribution is -2.25. The molecule has 0 atom stereocenters. The van der Waals surface area contributed by atoms with E-state index in [0.29, 0.717) is 18.2 Å². The fraction of sp³-hybridized carbons (Fsp3) is 0.318. The van der Waals surface area contributed by atoms with Gasteiger partial charge in [-0.15, -0.1) is 0 Å². The highest BCUT2D eigenvalue weighted by molar-refractivity contribution is 5.59. The van der Waals surface area contributed by atoms with Crippen LogP contribution in [0.5, 0.6) is 0 Å². The molecule has 6 nitrogen and oxygen atoms in total. The molecule has 0 spiro atoms. The van der Waals surface area contributed by atoms with Gasteiger partial charge in [-0.05, 0) is 37.1 Å². The summed E-state index contributed by atoms with van der Waals surface area (Å²) in [7, 11) is 0. The summed E-state index contributed by atoms with van der Waals surface area (Å²) >= 11 is 0. The van der Waals surface area contributed by atoms with Gasteiger partial charge in [-0.25, -0.2) is 4.98 Å². The number of aromatic nitrogens is 3. The SMILES string of the molecule is NCCCCCCNc1nc(-c2ccncc2)cc(=O)n1Cc1ccccc1. The Balaban J connectivity index is 1.83. The second kappa shape index (κ2) is 10.4. The van der Waals surface area contributed by atoms with E-state index in [9.17, 15) is 4.79 Å². The molecular weight excluding hydrogens is 350 g/mol. The van der Waals surface area contributed by atoms with Gasteiger partial charge < -0.3 is 11.1 Å². The van der Waals surface area contributed by atoms with Crippen molar-refractivity contribution in [2.75, 3.05) is 18.4 Å². The quantitative estimate of drug-likeness (QED) is 0.530. The smallest absolute Gasteiger partial charge is 0.255 e. The van der Waals surface area contributed by atoms with Crippen molar-refractivity contribution in [3.05, 3.63) is 76.8 Å². The summed E-state index contributed by atoms with van der Waals surface area (Å²) in [5, 5.41) is 3.37. The molecule has 0 saturated carbocycles. The number of pyridine rings is 1. The van der Waals surface area contributed by atoms with Crippen LogP contribution in [-0.2, 0) is 6.54 Å². The van der Waals surface area contributed by atoms with Crippen LogP contribution in [-0.4, -0.2) is 27.6 Å². The van der Waals surface area contributed by atoms with Gasteiger partial charge in [-0.2, -0.15) is 0 Å². The number of anilines is 1. The molecule has 3 N–H and O–H groups in total. The first-order chi connectivity index (χ1) is 13.8. The topological polar surface area (TPSA) is 85.8 Å². The summed E-state index contributed by atoms with van der Waals surface area (Å²) in [4.78, 5) is 21.6. The minimum Gasteiger partial charge on any atom is -0.356 e. The minimum atomic E-state index is -0.0729. The van der Waals surface area contributed by atoms with Gasteiger partial charge in [0.25, 0.3) is 5.56 Å². The Morgan fingerprint density at radius 1 is 0.964 bits per heavy atom. The molecule has 146 valence electrons. The van der Waals surface area contributed by atoms with Gasteiger partial charge in [0, 0.05) is 30.6 Å². The Labute approximate surface area is 165 Å². The summed E-state index contributed by atoms with van der Waals surface area (Å²) in [6.07, 6.45) is 7.71. The first-order valence-electron chi connectivity index (χ1n) is 9.78. The van der Waals surface area contributed by atoms with Crippen molar-refractivity contribution in [1.29, 1.82) is 0 Å². The van der Waals surface area contributed by atoms with Crippen molar-refractivity contribution in [1.82, 2.24) is 14.5 Å². The zero-order chi connectivity index (χ0) is 19.6. The molecule has 0 saturated heterocycles. The van der Waals surface area contributed by atoms with E-state index in [1.807, 2.05) is 42.5 Å². The van der Waals surface area contributed by atoms with Crippen LogP contribution >= 0.6 is 0 Å². The van der Waals surface area contributed by atoms with E-state index < -0.39 is 0 Å². The summed E-state index contributed by atoms with van der Waals surface area (Å²) < 4.78 is 1.69. The maximum absolute atomic E-state index is 12.9. The van der Waals surface area contributed by atoms with E-state index in [2.05, 4.69) is 10.3 Å². The molecule has 0 aliphatic rings. The zero-order valence-electron chi connectivity index (χ0n) is 16.1. The van der Waals surface area contributed by atoms with Crippen molar-refractivity contribution in [3.63, 3.8) is 0 Å². The third-order valence-corrected chi connectivity index (χ3v) is 4.58. The molecule has 3 aromatic rings. The minimum absolute atomic E-state index is 0.0729. The lowest BCUT2D eigenvalue weighted by atomic mass is 10.2. The molecular formula is C22H27N5O. The fourth-order valence-electron chi connectivity index (χ4n) is 3.05. The van der Waals surface area contributed by atoms with E-state index in [1.54, 1.807) is 23.0 Å². The lowest BCUT2D eigenvalue weighted by Gasteiger charge is -2.15. The third kappa shape index (κ3) is 5.50. The Hall–Kier alpha value is -2.99. The summed E-state index contributed by atoms with van der Waals surface area (Å²) in [6.45, 7) is 1.99. The predicted octanol–water partition coefficient (Wildman–Crippen LogP) is 3.28. The first kappa shape index (κ1) is 19.8. The van der Waals surface area contributed by atoms with E-state index in [-0.39, 0.29) is 5.56 Å². The molecule has 3 rings (SSSR count). The van der Waals surface area contributed by atoms with Crippen LogP contribution in [0, 0.1) is 0 Å². The highest BCUT2D eigenvalue weighted by Gasteiger charge is 2.10. The number of rotatable bonds is 10. The molecule has 0 bridgehead atoms. The van der Waals surface area contributed by atoms with Gasteiger partial charge in [0.1, 0.15) is 0 Å². The van der Waals surface area contributed by atoms with Gasteiger partial charge in [0.2, 0.25) is 5.95 Å². The highest BCUT2D eigenvalue weighted by atomic mass is 16.1. The van der Waals surface area contributed by atoms with Gasteiger partial charge in [0.15, 0.2) is 0 Å². The Kier molecular flexibility index (Phi) is 7.32. The number of nitrogens with one attached hydrogen (secondary N) is 1. The Morgan fingerprint density at radius 3 is 2.46 bits per heavy atom. The van der Waals surface area contributed by atoms with Gasteiger partial charge >= 0.3 is 0 Å². The molecule has 1 aromatic carbocycles. The monoisotopic (exact) mass is 377 g/mol. The van der Waals surface area contributed by atoms with E-state index in [1.165, 1.54) is 0 Å². The van der Waals surface area contributed by atoms with Crippen LogP contribution in [0.3, 0.4) is 0 Å². The number of nitrogens with two attached hydrogens (primary N) is 1. The van der Waals surface area contributed by atoms with Crippen LogP contribution in [0.1, 0.15) is 31.2 Å². The molecule has 6 heteroatoms. The van der Waals surface area contributed by atoms with Gasteiger partial charge in [-0.1, -0.05) is 43.2 Å². The Bertz CT molecular complexity index is 909. The molecule has 2 aromatic heterocycles. The third-order valence-electron chi connectivity index (χ3n) is 4.58. The van der Waals surface area contributed by atoms with Crippen LogP contribution < -0.4 is 16.6 Å². The molecule has 0 unspecified atom stereocenters. The van der Waals surface area contributed by atoms with Crippen molar-refractivity contribution < 1.29 is 0 Å². The predicted molar refractivity (Wildman–Crippen MR) is 113 cm³/mol. The van der Waals surface area contributed by atoms with Crippen molar-refractivity contribution in [3.8, 4) is 11.3 Å². The fourth-order valence-corrected chi connectivity index (χ4v) is 3.05. The van der Waals surface area contributed by atoms with Crippen LogP contribution in [0.25, 0.3) is 11.3 Å². The highest BCUT2D eigenvalue weighted by Crippen LogP contribution is 2.17. The van der Waals surface area contributed by atoms with Crippen molar-refractivity contribution in [2.45, 2.75) is 32.2 Å².